The summed E-state index contributed by atoms with van der Waals surface area (Å²) in [5.74, 6) is 2.74. The molecule has 1 N–H and O–H groups in total. The molecule has 2 rings (SSSR count). The molecule has 1 aromatic carbocycles. The molecule has 0 spiro atoms. The average molecular weight is 338 g/mol. The van der Waals surface area contributed by atoms with Crippen LogP contribution >= 0.6 is 15.9 Å². The van der Waals surface area contributed by atoms with Gasteiger partial charge in [0.1, 0.15) is 17.3 Å². The van der Waals surface area contributed by atoms with E-state index in [1.54, 1.807) is 7.11 Å². The van der Waals surface area contributed by atoms with Gasteiger partial charge in [-0.25, -0.2) is 0 Å². The molecule has 3 nitrogen and oxygen atoms in total. The number of benzene rings is 1. The quantitative estimate of drug-likeness (QED) is 0.853. The van der Waals surface area contributed by atoms with Gasteiger partial charge in [-0.2, -0.15) is 0 Å². The number of hydrogen-bond donors (Lipinski definition) is 1. The maximum atomic E-state index is 5.65. The summed E-state index contributed by atoms with van der Waals surface area (Å²) < 4.78 is 11.9. The van der Waals surface area contributed by atoms with Crippen LogP contribution in [0.25, 0.3) is 0 Å². The number of methoxy groups -OCH3 is 1. The summed E-state index contributed by atoms with van der Waals surface area (Å²) in [6.07, 6.45) is 0. The second kappa shape index (κ2) is 6.46. The Morgan fingerprint density at radius 3 is 2.45 bits per heavy atom. The van der Waals surface area contributed by atoms with Crippen molar-refractivity contribution in [3.8, 4) is 5.75 Å². The molecule has 0 fully saturated rings. The zero-order valence-corrected chi connectivity index (χ0v) is 13.8. The van der Waals surface area contributed by atoms with Gasteiger partial charge in [0.25, 0.3) is 0 Å². The van der Waals surface area contributed by atoms with E-state index >= 15 is 0 Å². The van der Waals surface area contributed by atoms with Gasteiger partial charge in [0, 0.05) is 6.04 Å². The first-order chi connectivity index (χ1) is 9.51. The number of hydrogen-bond acceptors (Lipinski definition) is 3. The van der Waals surface area contributed by atoms with Crippen LogP contribution in [0.4, 0.5) is 0 Å². The Hall–Kier alpha value is -1.26. The molecule has 4 heteroatoms. The van der Waals surface area contributed by atoms with Gasteiger partial charge in [-0.1, -0.05) is 6.07 Å². The number of furan rings is 1. The van der Waals surface area contributed by atoms with E-state index in [0.29, 0.717) is 0 Å². The van der Waals surface area contributed by atoms with Crippen LogP contribution in [0.5, 0.6) is 5.75 Å². The molecule has 20 heavy (non-hydrogen) atoms. The summed E-state index contributed by atoms with van der Waals surface area (Å²) in [6.45, 7) is 6.20. The van der Waals surface area contributed by atoms with Gasteiger partial charge in [0.2, 0.25) is 0 Å². The Labute approximate surface area is 128 Å². The monoisotopic (exact) mass is 337 g/mol. The Balaban J connectivity index is 2.07. The average Bonchev–Trinajstić information content (AvgIpc) is 2.85. The van der Waals surface area contributed by atoms with Gasteiger partial charge in [-0.05, 0) is 66.5 Å². The number of ether oxygens (including phenoxy) is 1. The normalized spacial score (nSPS) is 14.1. The molecular formula is C16H20BrNO2. The lowest BCUT2D eigenvalue weighted by molar-refractivity contribution is 0.391. The number of rotatable bonds is 5. The van der Waals surface area contributed by atoms with Crippen LogP contribution in [0.15, 0.2) is 39.2 Å². The molecule has 0 aliphatic carbocycles. The minimum atomic E-state index is 0.166. The molecule has 1 heterocycles. The van der Waals surface area contributed by atoms with E-state index in [1.165, 1.54) is 5.56 Å². The van der Waals surface area contributed by atoms with E-state index in [2.05, 4.69) is 47.2 Å². The predicted molar refractivity (Wildman–Crippen MR) is 84.1 cm³/mol. The fourth-order valence-corrected chi connectivity index (χ4v) is 2.75. The Bertz CT molecular complexity index is 580. The molecular weight excluding hydrogens is 318 g/mol. The van der Waals surface area contributed by atoms with Gasteiger partial charge >= 0.3 is 0 Å². The van der Waals surface area contributed by atoms with Crippen molar-refractivity contribution in [2.75, 3.05) is 7.11 Å². The van der Waals surface area contributed by atoms with Crippen LogP contribution in [0, 0.1) is 6.92 Å². The lowest BCUT2D eigenvalue weighted by atomic mass is 10.1. The molecule has 0 amide bonds. The molecule has 0 unspecified atom stereocenters. The van der Waals surface area contributed by atoms with Crippen molar-refractivity contribution < 1.29 is 9.15 Å². The van der Waals surface area contributed by atoms with Crippen LogP contribution in [-0.2, 0) is 0 Å². The molecule has 0 saturated carbocycles. The largest absolute Gasteiger partial charge is 0.496 e. The third-order valence-corrected chi connectivity index (χ3v) is 3.98. The minimum absolute atomic E-state index is 0.166. The maximum absolute atomic E-state index is 5.65. The summed E-state index contributed by atoms with van der Waals surface area (Å²) in [5, 5.41) is 3.54. The molecule has 0 bridgehead atoms. The van der Waals surface area contributed by atoms with Crippen molar-refractivity contribution in [3.63, 3.8) is 0 Å². The van der Waals surface area contributed by atoms with Crippen LogP contribution in [0.3, 0.4) is 0 Å². The van der Waals surface area contributed by atoms with Gasteiger partial charge in [-0.3, -0.25) is 0 Å². The zero-order valence-electron chi connectivity index (χ0n) is 12.2. The highest BCUT2D eigenvalue weighted by molar-refractivity contribution is 9.10. The van der Waals surface area contributed by atoms with Gasteiger partial charge in [0.05, 0.1) is 17.6 Å². The van der Waals surface area contributed by atoms with Gasteiger partial charge in [0.15, 0.2) is 0 Å². The van der Waals surface area contributed by atoms with Gasteiger partial charge in [-0.15, -0.1) is 0 Å². The molecule has 0 aliphatic heterocycles. The predicted octanol–water partition coefficient (Wildman–Crippen LogP) is 4.77. The van der Waals surface area contributed by atoms with Crippen molar-refractivity contribution in [1.29, 1.82) is 0 Å². The zero-order chi connectivity index (χ0) is 14.7. The third kappa shape index (κ3) is 3.44. The number of nitrogens with one attached hydrogen (secondary N) is 1. The second-order valence-corrected chi connectivity index (χ2v) is 5.81. The summed E-state index contributed by atoms with van der Waals surface area (Å²) in [6, 6.07) is 10.5. The first-order valence-electron chi connectivity index (χ1n) is 6.67. The van der Waals surface area contributed by atoms with Crippen LogP contribution in [0.1, 0.15) is 43.0 Å². The Morgan fingerprint density at radius 2 is 1.90 bits per heavy atom. The first kappa shape index (κ1) is 15.1. The van der Waals surface area contributed by atoms with Crippen LogP contribution in [0.2, 0.25) is 0 Å². The second-order valence-electron chi connectivity index (χ2n) is 4.95. The van der Waals surface area contributed by atoms with Crippen molar-refractivity contribution in [2.45, 2.75) is 32.9 Å². The lowest BCUT2D eigenvalue weighted by Gasteiger charge is -2.19. The van der Waals surface area contributed by atoms with E-state index in [1.807, 2.05) is 25.1 Å². The van der Waals surface area contributed by atoms with Gasteiger partial charge < -0.3 is 14.5 Å². The number of halogens is 1. The maximum Gasteiger partial charge on any atom is 0.133 e. The smallest absolute Gasteiger partial charge is 0.133 e. The van der Waals surface area contributed by atoms with E-state index in [-0.39, 0.29) is 12.1 Å². The fraction of sp³-hybridized carbons (Fsp3) is 0.375. The Morgan fingerprint density at radius 1 is 1.15 bits per heavy atom. The highest BCUT2D eigenvalue weighted by atomic mass is 79.9. The van der Waals surface area contributed by atoms with Crippen LogP contribution < -0.4 is 10.1 Å². The van der Waals surface area contributed by atoms with E-state index in [0.717, 1.165) is 21.7 Å². The summed E-state index contributed by atoms with van der Waals surface area (Å²) in [4.78, 5) is 0. The molecule has 0 radical (unpaired) electrons. The third-order valence-electron chi connectivity index (χ3n) is 3.36. The molecule has 0 saturated heterocycles. The highest BCUT2D eigenvalue weighted by Crippen LogP contribution is 2.29. The molecule has 108 valence electrons. The lowest BCUT2D eigenvalue weighted by Crippen LogP contribution is -2.22. The van der Waals surface area contributed by atoms with Crippen molar-refractivity contribution in [2.24, 2.45) is 0 Å². The molecule has 2 atom stereocenters. The van der Waals surface area contributed by atoms with E-state index < -0.39 is 0 Å². The fourth-order valence-electron chi connectivity index (χ4n) is 2.19. The van der Waals surface area contributed by atoms with Crippen molar-refractivity contribution in [3.05, 3.63) is 51.9 Å². The summed E-state index contributed by atoms with van der Waals surface area (Å²) >= 11 is 3.52. The Kier molecular flexibility index (Phi) is 4.89. The number of aryl methyl sites for hydroxylation is 1. The summed E-state index contributed by atoms with van der Waals surface area (Å²) in [7, 11) is 1.67. The molecule has 2 aromatic rings. The van der Waals surface area contributed by atoms with E-state index in [9.17, 15) is 0 Å². The SMILES string of the molecule is COc1ccc([C@H](C)N[C@@H](C)c2ccc(C)o2)cc1Br. The minimum Gasteiger partial charge on any atom is -0.496 e. The van der Waals surface area contributed by atoms with Crippen molar-refractivity contribution in [1.82, 2.24) is 5.32 Å². The topological polar surface area (TPSA) is 34.4 Å². The van der Waals surface area contributed by atoms with Crippen molar-refractivity contribution >= 4 is 15.9 Å². The molecule has 0 aliphatic rings. The first-order valence-corrected chi connectivity index (χ1v) is 7.46. The molecule has 1 aromatic heterocycles. The highest BCUT2D eigenvalue weighted by Gasteiger charge is 2.14. The summed E-state index contributed by atoms with van der Waals surface area (Å²) in [5.41, 5.74) is 1.20. The van der Waals surface area contributed by atoms with E-state index in [4.69, 9.17) is 9.15 Å². The standard InChI is InChI=1S/C16H20BrNO2/c1-10-5-7-15(20-10)12(3)18-11(2)13-6-8-16(19-4)14(17)9-13/h5-9,11-12,18H,1-4H3/t11-,12-/m0/s1. The van der Waals surface area contributed by atoms with Crippen LogP contribution in [-0.4, -0.2) is 7.11 Å².